The monoisotopic (exact) mass is 330 g/mol. The first-order valence-electron chi connectivity index (χ1n) is 6.28. The molecule has 18 heavy (non-hydrogen) atoms. The first-order valence-corrected chi connectivity index (χ1v) is 7.96. The SMILES string of the molecule is CC1(N)CCCCC1C(=O)NCc1csc(Br)c1. The summed E-state index contributed by atoms with van der Waals surface area (Å²) in [5.74, 6) is 0.0512. The van der Waals surface area contributed by atoms with Crippen LogP contribution in [0.3, 0.4) is 0 Å². The minimum atomic E-state index is -0.350. The number of nitrogens with one attached hydrogen (secondary N) is 1. The zero-order valence-electron chi connectivity index (χ0n) is 10.5. The second-order valence-corrected chi connectivity index (χ2v) is 7.57. The number of hydrogen-bond donors (Lipinski definition) is 2. The number of amides is 1. The zero-order chi connectivity index (χ0) is 13.2. The van der Waals surface area contributed by atoms with Gasteiger partial charge in [0.2, 0.25) is 5.91 Å². The number of hydrogen-bond acceptors (Lipinski definition) is 3. The topological polar surface area (TPSA) is 55.1 Å². The van der Waals surface area contributed by atoms with Crippen molar-refractivity contribution in [2.45, 2.75) is 44.7 Å². The van der Waals surface area contributed by atoms with E-state index < -0.39 is 0 Å². The van der Waals surface area contributed by atoms with Crippen LogP contribution < -0.4 is 11.1 Å². The molecule has 1 aromatic heterocycles. The normalized spacial score (nSPS) is 28.1. The van der Waals surface area contributed by atoms with E-state index in [0.29, 0.717) is 6.54 Å². The Balaban J connectivity index is 1.91. The molecule has 0 radical (unpaired) electrons. The maximum Gasteiger partial charge on any atom is 0.225 e. The summed E-state index contributed by atoms with van der Waals surface area (Å²) in [6.45, 7) is 2.59. The Morgan fingerprint density at radius 1 is 1.67 bits per heavy atom. The molecule has 0 aromatic carbocycles. The number of nitrogens with two attached hydrogens (primary N) is 1. The van der Waals surface area contributed by atoms with E-state index in [1.54, 1.807) is 11.3 Å². The molecule has 3 nitrogen and oxygen atoms in total. The summed E-state index contributed by atoms with van der Waals surface area (Å²) in [6, 6.07) is 2.04. The molecule has 0 saturated heterocycles. The largest absolute Gasteiger partial charge is 0.352 e. The molecule has 3 N–H and O–H groups in total. The first-order chi connectivity index (χ1) is 8.49. The third-order valence-electron chi connectivity index (χ3n) is 3.66. The van der Waals surface area contributed by atoms with Crippen molar-refractivity contribution in [3.8, 4) is 0 Å². The van der Waals surface area contributed by atoms with Gasteiger partial charge in [-0.05, 0) is 52.7 Å². The quantitative estimate of drug-likeness (QED) is 0.894. The van der Waals surface area contributed by atoms with Crippen LogP contribution in [0, 0.1) is 5.92 Å². The van der Waals surface area contributed by atoms with Crippen LogP contribution in [0.5, 0.6) is 0 Å². The first kappa shape index (κ1) is 14.0. The zero-order valence-corrected chi connectivity index (χ0v) is 12.9. The van der Waals surface area contributed by atoms with Crippen molar-refractivity contribution >= 4 is 33.2 Å². The van der Waals surface area contributed by atoms with Gasteiger partial charge in [-0.3, -0.25) is 4.79 Å². The molecule has 2 unspecified atom stereocenters. The summed E-state index contributed by atoms with van der Waals surface area (Å²) in [5, 5.41) is 5.05. The van der Waals surface area contributed by atoms with Crippen molar-refractivity contribution in [3.05, 3.63) is 20.8 Å². The highest BCUT2D eigenvalue weighted by Gasteiger charge is 2.37. The van der Waals surface area contributed by atoms with E-state index >= 15 is 0 Å². The Hall–Kier alpha value is -0.390. The third-order valence-corrected chi connectivity index (χ3v) is 5.21. The van der Waals surface area contributed by atoms with Crippen LogP contribution in [0.2, 0.25) is 0 Å². The van der Waals surface area contributed by atoms with Crippen LogP contribution >= 0.6 is 27.3 Å². The Morgan fingerprint density at radius 3 is 3.06 bits per heavy atom. The Kier molecular flexibility index (Phi) is 4.45. The van der Waals surface area contributed by atoms with Crippen LogP contribution in [0.15, 0.2) is 15.2 Å². The molecule has 5 heteroatoms. The van der Waals surface area contributed by atoms with E-state index in [1.165, 1.54) is 0 Å². The molecule has 1 saturated carbocycles. The van der Waals surface area contributed by atoms with Gasteiger partial charge in [0.1, 0.15) is 0 Å². The summed E-state index contributed by atoms with van der Waals surface area (Å²) in [7, 11) is 0. The van der Waals surface area contributed by atoms with E-state index in [1.807, 2.05) is 18.4 Å². The summed E-state index contributed by atoms with van der Waals surface area (Å²) in [5.41, 5.74) is 7.01. The second kappa shape index (κ2) is 5.72. The molecule has 0 spiro atoms. The highest BCUT2D eigenvalue weighted by Crippen LogP contribution is 2.31. The van der Waals surface area contributed by atoms with Crippen LogP contribution in [0.4, 0.5) is 0 Å². The molecule has 0 aliphatic heterocycles. The maximum atomic E-state index is 12.2. The standard InChI is InChI=1S/C13H19BrN2OS/c1-13(15)5-3-2-4-10(13)12(17)16-7-9-6-11(14)18-8-9/h6,8,10H,2-5,7,15H2,1H3,(H,16,17). The molecule has 1 amide bonds. The van der Waals surface area contributed by atoms with Crippen LogP contribution in [-0.2, 0) is 11.3 Å². The molecule has 0 bridgehead atoms. The predicted molar refractivity (Wildman–Crippen MR) is 78.4 cm³/mol. The summed E-state index contributed by atoms with van der Waals surface area (Å²) in [4.78, 5) is 12.2. The number of rotatable bonds is 3. The van der Waals surface area contributed by atoms with E-state index in [9.17, 15) is 4.79 Å². The Labute approximate surface area is 120 Å². The molecule has 1 aromatic rings. The van der Waals surface area contributed by atoms with Crippen LogP contribution in [-0.4, -0.2) is 11.4 Å². The van der Waals surface area contributed by atoms with Gasteiger partial charge < -0.3 is 11.1 Å². The second-order valence-electron chi connectivity index (χ2n) is 5.28. The minimum Gasteiger partial charge on any atom is -0.352 e. The van der Waals surface area contributed by atoms with Crippen molar-refractivity contribution in [3.63, 3.8) is 0 Å². The lowest BCUT2D eigenvalue weighted by molar-refractivity contribution is -0.128. The average molecular weight is 331 g/mol. The maximum absolute atomic E-state index is 12.2. The predicted octanol–water partition coefficient (Wildman–Crippen LogP) is 3.03. The molecule has 1 heterocycles. The smallest absolute Gasteiger partial charge is 0.225 e. The van der Waals surface area contributed by atoms with E-state index in [-0.39, 0.29) is 17.4 Å². The van der Waals surface area contributed by atoms with Crippen molar-refractivity contribution in [2.75, 3.05) is 0 Å². The lowest BCUT2D eigenvalue weighted by Crippen LogP contribution is -2.52. The van der Waals surface area contributed by atoms with Gasteiger partial charge in [-0.25, -0.2) is 0 Å². The van der Waals surface area contributed by atoms with Gasteiger partial charge in [0.25, 0.3) is 0 Å². The Bertz CT molecular complexity index is 430. The third kappa shape index (κ3) is 3.33. The van der Waals surface area contributed by atoms with E-state index in [4.69, 9.17) is 5.73 Å². The fourth-order valence-corrected chi connectivity index (χ4v) is 3.75. The minimum absolute atomic E-state index is 0.0478. The van der Waals surface area contributed by atoms with Gasteiger partial charge in [0, 0.05) is 12.1 Å². The molecule has 1 aliphatic rings. The lowest BCUT2D eigenvalue weighted by atomic mass is 9.74. The molecule has 2 rings (SSSR count). The molecule has 100 valence electrons. The molecular weight excluding hydrogens is 312 g/mol. The highest BCUT2D eigenvalue weighted by molar-refractivity contribution is 9.11. The van der Waals surface area contributed by atoms with Crippen molar-refractivity contribution in [2.24, 2.45) is 11.7 Å². The number of halogens is 1. The van der Waals surface area contributed by atoms with E-state index in [2.05, 4.69) is 21.2 Å². The molecular formula is C13H19BrN2OS. The van der Waals surface area contributed by atoms with Crippen molar-refractivity contribution in [1.29, 1.82) is 0 Å². The van der Waals surface area contributed by atoms with Crippen LogP contribution in [0.1, 0.15) is 38.2 Å². The van der Waals surface area contributed by atoms with Gasteiger partial charge in [-0.15, -0.1) is 11.3 Å². The number of carbonyl (C=O) groups is 1. The van der Waals surface area contributed by atoms with Gasteiger partial charge in [-0.1, -0.05) is 12.8 Å². The van der Waals surface area contributed by atoms with Crippen molar-refractivity contribution in [1.82, 2.24) is 5.32 Å². The summed E-state index contributed by atoms with van der Waals surface area (Å²) in [6.07, 6.45) is 4.09. The van der Waals surface area contributed by atoms with Gasteiger partial charge in [0.05, 0.1) is 9.70 Å². The molecule has 2 atom stereocenters. The molecule has 1 fully saturated rings. The summed E-state index contributed by atoms with van der Waals surface area (Å²) < 4.78 is 1.09. The fourth-order valence-electron chi connectivity index (χ4n) is 2.54. The fraction of sp³-hybridized carbons (Fsp3) is 0.615. The number of thiophene rings is 1. The lowest BCUT2D eigenvalue weighted by Gasteiger charge is -2.37. The highest BCUT2D eigenvalue weighted by atomic mass is 79.9. The summed E-state index contributed by atoms with van der Waals surface area (Å²) >= 11 is 5.05. The van der Waals surface area contributed by atoms with Gasteiger partial charge in [-0.2, -0.15) is 0 Å². The average Bonchev–Trinajstić information content (AvgIpc) is 2.71. The van der Waals surface area contributed by atoms with Gasteiger partial charge in [0.15, 0.2) is 0 Å². The van der Waals surface area contributed by atoms with Gasteiger partial charge >= 0.3 is 0 Å². The molecule has 1 aliphatic carbocycles. The van der Waals surface area contributed by atoms with E-state index in [0.717, 1.165) is 35.0 Å². The Morgan fingerprint density at radius 2 is 2.44 bits per heavy atom. The number of carbonyl (C=O) groups excluding carboxylic acids is 1. The van der Waals surface area contributed by atoms with Crippen molar-refractivity contribution < 1.29 is 4.79 Å². The van der Waals surface area contributed by atoms with Crippen LogP contribution in [0.25, 0.3) is 0 Å².